The molecule has 0 aliphatic carbocycles. The summed E-state index contributed by atoms with van der Waals surface area (Å²) in [5, 5.41) is 0. The average Bonchev–Trinajstić information content (AvgIpc) is 3.03. The summed E-state index contributed by atoms with van der Waals surface area (Å²) in [5.41, 5.74) is 1.78. The van der Waals surface area contributed by atoms with Crippen molar-refractivity contribution in [2.24, 2.45) is 0 Å². The maximum Gasteiger partial charge on any atom is 0.275 e. The molecule has 6 heteroatoms. The summed E-state index contributed by atoms with van der Waals surface area (Å²) in [6.07, 6.45) is 1.54. The van der Waals surface area contributed by atoms with Gasteiger partial charge in [-0.3, -0.25) is 9.69 Å². The zero-order chi connectivity index (χ0) is 13.8. The first-order chi connectivity index (χ1) is 9.83. The van der Waals surface area contributed by atoms with Crippen molar-refractivity contribution >= 4 is 17.6 Å². The summed E-state index contributed by atoms with van der Waals surface area (Å²) in [7, 11) is 0. The first kappa shape index (κ1) is 13.2. The van der Waals surface area contributed by atoms with Crippen molar-refractivity contribution in [1.29, 1.82) is 0 Å². The standard InChI is InChI=1S/C14H16N4OS/c19-14(13-10-15-20-16-13)18-8-6-17(7-9-18)11-12-4-2-1-3-5-12/h1-5,10H,6-9,11H2. The van der Waals surface area contributed by atoms with Crippen LogP contribution in [-0.2, 0) is 6.54 Å². The first-order valence-corrected chi connectivity index (χ1v) is 7.39. The van der Waals surface area contributed by atoms with Gasteiger partial charge in [-0.05, 0) is 5.56 Å². The first-order valence-electron chi connectivity index (χ1n) is 6.66. The number of aromatic nitrogens is 2. The van der Waals surface area contributed by atoms with Gasteiger partial charge >= 0.3 is 0 Å². The van der Waals surface area contributed by atoms with Crippen molar-refractivity contribution in [2.75, 3.05) is 26.2 Å². The predicted molar refractivity (Wildman–Crippen MR) is 77.5 cm³/mol. The fourth-order valence-electron chi connectivity index (χ4n) is 2.37. The molecule has 1 aromatic heterocycles. The van der Waals surface area contributed by atoms with Crippen LogP contribution in [0.4, 0.5) is 0 Å². The maximum absolute atomic E-state index is 12.1. The molecule has 3 rings (SSSR count). The van der Waals surface area contributed by atoms with E-state index in [0.29, 0.717) is 5.69 Å². The topological polar surface area (TPSA) is 49.3 Å². The molecule has 0 N–H and O–H groups in total. The second kappa shape index (κ2) is 6.11. The molecule has 1 aliphatic rings. The Labute approximate surface area is 122 Å². The van der Waals surface area contributed by atoms with E-state index in [-0.39, 0.29) is 5.91 Å². The molecule has 0 bridgehead atoms. The molecular weight excluding hydrogens is 272 g/mol. The highest BCUT2D eigenvalue weighted by Gasteiger charge is 2.23. The van der Waals surface area contributed by atoms with Crippen molar-refractivity contribution in [2.45, 2.75) is 6.54 Å². The fraction of sp³-hybridized carbons (Fsp3) is 0.357. The smallest absolute Gasteiger partial charge is 0.275 e. The monoisotopic (exact) mass is 288 g/mol. The molecule has 0 atom stereocenters. The zero-order valence-corrected chi connectivity index (χ0v) is 11.9. The van der Waals surface area contributed by atoms with E-state index < -0.39 is 0 Å². The molecule has 1 amide bonds. The van der Waals surface area contributed by atoms with Gasteiger partial charge < -0.3 is 4.90 Å². The average molecular weight is 288 g/mol. The van der Waals surface area contributed by atoms with Crippen molar-refractivity contribution in [3.05, 3.63) is 47.8 Å². The Hall–Kier alpha value is -1.79. The molecular formula is C14H16N4OS. The van der Waals surface area contributed by atoms with E-state index in [9.17, 15) is 4.79 Å². The molecule has 1 saturated heterocycles. The Morgan fingerprint density at radius 2 is 1.90 bits per heavy atom. The minimum atomic E-state index is -0.00175. The lowest BCUT2D eigenvalue weighted by molar-refractivity contribution is 0.0624. The van der Waals surface area contributed by atoms with Crippen molar-refractivity contribution < 1.29 is 4.79 Å². The highest BCUT2D eigenvalue weighted by molar-refractivity contribution is 6.99. The number of benzene rings is 1. The highest BCUT2D eigenvalue weighted by Crippen LogP contribution is 2.10. The van der Waals surface area contributed by atoms with Gasteiger partial charge in [0.15, 0.2) is 5.69 Å². The van der Waals surface area contributed by atoms with Gasteiger partial charge in [0.2, 0.25) is 0 Å². The van der Waals surface area contributed by atoms with Gasteiger partial charge in [-0.1, -0.05) is 30.3 Å². The third kappa shape index (κ3) is 3.02. The maximum atomic E-state index is 12.1. The number of rotatable bonds is 3. The largest absolute Gasteiger partial charge is 0.335 e. The van der Waals surface area contributed by atoms with Gasteiger partial charge in [-0.15, -0.1) is 0 Å². The van der Waals surface area contributed by atoms with E-state index >= 15 is 0 Å². The normalized spacial score (nSPS) is 16.3. The molecule has 0 unspecified atom stereocenters. The number of piperazine rings is 1. The Morgan fingerprint density at radius 1 is 1.15 bits per heavy atom. The number of hydrogen-bond donors (Lipinski definition) is 0. The molecule has 2 aromatic rings. The summed E-state index contributed by atoms with van der Waals surface area (Å²) in [4.78, 5) is 16.4. The van der Waals surface area contributed by atoms with Crippen LogP contribution < -0.4 is 0 Å². The minimum absolute atomic E-state index is 0.00175. The number of amides is 1. The number of carbonyl (C=O) groups is 1. The molecule has 1 fully saturated rings. The van der Waals surface area contributed by atoms with E-state index in [1.807, 2.05) is 11.0 Å². The summed E-state index contributed by atoms with van der Waals surface area (Å²) in [5.74, 6) is -0.00175. The van der Waals surface area contributed by atoms with Crippen molar-refractivity contribution in [1.82, 2.24) is 18.5 Å². The van der Waals surface area contributed by atoms with Crippen LogP contribution in [0.2, 0.25) is 0 Å². The lowest BCUT2D eigenvalue weighted by Gasteiger charge is -2.34. The van der Waals surface area contributed by atoms with Crippen molar-refractivity contribution in [3.8, 4) is 0 Å². The van der Waals surface area contributed by atoms with E-state index in [2.05, 4.69) is 37.9 Å². The summed E-state index contributed by atoms with van der Waals surface area (Å²) in [6.45, 7) is 4.25. The van der Waals surface area contributed by atoms with Gasteiger partial charge in [0.25, 0.3) is 5.91 Å². The molecule has 1 aromatic carbocycles. The van der Waals surface area contributed by atoms with Gasteiger partial charge in [-0.2, -0.15) is 8.75 Å². The summed E-state index contributed by atoms with van der Waals surface area (Å²) >= 11 is 1.08. The second-order valence-electron chi connectivity index (χ2n) is 4.85. The molecule has 20 heavy (non-hydrogen) atoms. The number of carbonyl (C=O) groups excluding carboxylic acids is 1. The summed E-state index contributed by atoms with van der Waals surface area (Å²) in [6, 6.07) is 10.4. The third-order valence-corrected chi connectivity index (χ3v) is 3.97. The lowest BCUT2D eigenvalue weighted by atomic mass is 10.2. The third-order valence-electron chi connectivity index (χ3n) is 3.49. The predicted octanol–water partition coefficient (Wildman–Crippen LogP) is 1.50. The molecule has 2 heterocycles. The van der Waals surface area contributed by atoms with E-state index in [4.69, 9.17) is 0 Å². The van der Waals surface area contributed by atoms with Crippen LogP contribution in [-0.4, -0.2) is 50.6 Å². The summed E-state index contributed by atoms with van der Waals surface area (Å²) < 4.78 is 7.89. The molecule has 0 spiro atoms. The van der Waals surface area contributed by atoms with E-state index in [1.54, 1.807) is 6.20 Å². The van der Waals surface area contributed by atoms with Crippen LogP contribution >= 0.6 is 11.7 Å². The van der Waals surface area contributed by atoms with Crippen LogP contribution in [0.1, 0.15) is 16.1 Å². The van der Waals surface area contributed by atoms with Crippen LogP contribution in [0.3, 0.4) is 0 Å². The van der Waals surface area contributed by atoms with Gasteiger partial charge in [0.1, 0.15) is 0 Å². The van der Waals surface area contributed by atoms with Gasteiger partial charge in [0.05, 0.1) is 17.9 Å². The van der Waals surface area contributed by atoms with Crippen LogP contribution in [0, 0.1) is 0 Å². The molecule has 0 radical (unpaired) electrons. The van der Waals surface area contributed by atoms with Gasteiger partial charge in [-0.25, -0.2) is 0 Å². The van der Waals surface area contributed by atoms with Crippen molar-refractivity contribution in [3.63, 3.8) is 0 Å². The second-order valence-corrected chi connectivity index (χ2v) is 5.40. The van der Waals surface area contributed by atoms with E-state index in [0.717, 1.165) is 44.5 Å². The van der Waals surface area contributed by atoms with Gasteiger partial charge in [0, 0.05) is 32.7 Å². The van der Waals surface area contributed by atoms with E-state index in [1.165, 1.54) is 5.56 Å². The zero-order valence-electron chi connectivity index (χ0n) is 11.1. The number of nitrogens with zero attached hydrogens (tertiary/aromatic N) is 4. The number of hydrogen-bond acceptors (Lipinski definition) is 5. The van der Waals surface area contributed by atoms with Crippen LogP contribution in [0.15, 0.2) is 36.5 Å². The van der Waals surface area contributed by atoms with Crippen LogP contribution in [0.25, 0.3) is 0 Å². The molecule has 1 aliphatic heterocycles. The molecule has 0 saturated carbocycles. The van der Waals surface area contributed by atoms with Crippen LogP contribution in [0.5, 0.6) is 0 Å². The lowest BCUT2D eigenvalue weighted by Crippen LogP contribution is -2.48. The fourth-order valence-corrected chi connectivity index (χ4v) is 2.78. The Balaban J connectivity index is 1.53. The molecule has 104 valence electrons. The Kier molecular flexibility index (Phi) is 4.03. The molecule has 5 nitrogen and oxygen atoms in total. The highest BCUT2D eigenvalue weighted by atomic mass is 32.1. The quantitative estimate of drug-likeness (QED) is 0.859. The SMILES string of the molecule is O=C(c1cnsn1)N1CCN(Cc2ccccc2)CC1. The minimum Gasteiger partial charge on any atom is -0.335 e. The Morgan fingerprint density at radius 3 is 2.55 bits per heavy atom. The Bertz CT molecular complexity index is 550.